The fourth-order valence-corrected chi connectivity index (χ4v) is 9.60. The number of hydrogen-bond donors (Lipinski definition) is 1. The number of pyridine rings is 1. The Morgan fingerprint density at radius 3 is 2.32 bits per heavy atom. The number of sulfonamides is 1. The van der Waals surface area contributed by atoms with Gasteiger partial charge in [0, 0.05) is 42.8 Å². The molecule has 1 aliphatic carbocycles. The van der Waals surface area contributed by atoms with Crippen LogP contribution in [-0.2, 0) is 26.1 Å². The number of morpholine rings is 1. The van der Waals surface area contributed by atoms with Crippen LogP contribution in [0.5, 0.6) is 0 Å². The van der Waals surface area contributed by atoms with Crippen LogP contribution in [0.4, 0.5) is 5.69 Å². The van der Waals surface area contributed by atoms with Gasteiger partial charge in [-0.15, -0.1) is 11.3 Å². The van der Waals surface area contributed by atoms with Crippen molar-refractivity contribution >= 4 is 38.9 Å². The summed E-state index contributed by atoms with van der Waals surface area (Å²) in [5.74, 6) is -1.48. The number of aromatic carboxylic acids is 1. The third-order valence-corrected chi connectivity index (χ3v) is 12.8. The van der Waals surface area contributed by atoms with Crippen molar-refractivity contribution < 1.29 is 27.9 Å². The van der Waals surface area contributed by atoms with E-state index >= 15 is 0 Å². The van der Waals surface area contributed by atoms with E-state index in [0.29, 0.717) is 11.4 Å². The normalized spacial score (nSPS) is 19.6. The minimum Gasteiger partial charge on any atom is -0.477 e. The van der Waals surface area contributed by atoms with Crippen molar-refractivity contribution in [2.24, 2.45) is 5.92 Å². The van der Waals surface area contributed by atoms with Crippen molar-refractivity contribution in [3.05, 3.63) is 89.4 Å². The summed E-state index contributed by atoms with van der Waals surface area (Å²) in [5, 5.41) is 10.2. The fraction of sp³-hybridized carbons (Fsp3) is 0.395. The number of carbonyl (C=O) groups excluding carboxylic acids is 1. The molecule has 12 heteroatoms. The molecule has 0 spiro atoms. The molecule has 7 rings (SSSR count). The van der Waals surface area contributed by atoms with Crippen LogP contribution in [0.15, 0.2) is 83.9 Å². The maximum Gasteiger partial charge on any atom is 0.348 e. The zero-order valence-corrected chi connectivity index (χ0v) is 28.9. The van der Waals surface area contributed by atoms with Crippen LogP contribution >= 0.6 is 11.3 Å². The van der Waals surface area contributed by atoms with E-state index in [1.54, 1.807) is 23.1 Å². The molecule has 4 heterocycles. The summed E-state index contributed by atoms with van der Waals surface area (Å²) in [7, 11) is -4.06. The summed E-state index contributed by atoms with van der Waals surface area (Å²) >= 11 is 1.14. The molecular weight excluding hydrogens is 673 g/mol. The summed E-state index contributed by atoms with van der Waals surface area (Å²) in [6.45, 7) is 3.87. The molecule has 1 amide bonds. The topological polar surface area (TPSA) is 120 Å². The van der Waals surface area contributed by atoms with Crippen molar-refractivity contribution in [3.8, 4) is 21.7 Å². The molecule has 0 radical (unpaired) electrons. The number of piperazine rings is 1. The molecular formula is C38H44N4O6S2. The molecule has 2 saturated heterocycles. The number of carbonyl (C=O) groups is 2. The number of aromatic nitrogens is 1. The Labute approximate surface area is 298 Å². The van der Waals surface area contributed by atoms with Crippen molar-refractivity contribution in [3.63, 3.8) is 0 Å². The van der Waals surface area contributed by atoms with Gasteiger partial charge < -0.3 is 14.7 Å². The lowest BCUT2D eigenvalue weighted by Gasteiger charge is -2.44. The van der Waals surface area contributed by atoms with E-state index in [-0.39, 0.29) is 36.2 Å². The second-order valence-electron chi connectivity index (χ2n) is 13.0. The maximum atomic E-state index is 14.1. The average Bonchev–Trinajstić information content (AvgIpc) is 3.58. The van der Waals surface area contributed by atoms with Crippen molar-refractivity contribution in [2.45, 2.75) is 57.0 Å². The van der Waals surface area contributed by atoms with Crippen LogP contribution in [0.3, 0.4) is 0 Å². The fourth-order valence-electron chi connectivity index (χ4n) is 7.25. The van der Waals surface area contributed by atoms with Crippen LogP contribution in [-0.4, -0.2) is 85.0 Å². The number of benzene rings is 2. The maximum absolute atomic E-state index is 14.1. The number of thiophene rings is 1. The van der Waals surface area contributed by atoms with Gasteiger partial charge in [0.2, 0.25) is 15.9 Å². The smallest absolute Gasteiger partial charge is 0.348 e. The number of anilines is 1. The summed E-state index contributed by atoms with van der Waals surface area (Å²) in [5.41, 5.74) is 3.94. The van der Waals surface area contributed by atoms with E-state index in [9.17, 15) is 23.1 Å². The lowest BCUT2D eigenvalue weighted by Crippen LogP contribution is -2.60. The highest BCUT2D eigenvalue weighted by molar-refractivity contribution is 7.89. The lowest BCUT2D eigenvalue weighted by molar-refractivity contribution is -0.121. The van der Waals surface area contributed by atoms with Gasteiger partial charge in [-0.3, -0.25) is 14.7 Å². The van der Waals surface area contributed by atoms with Gasteiger partial charge in [-0.2, -0.15) is 4.31 Å². The number of carboxylic acids is 1. The van der Waals surface area contributed by atoms with Gasteiger partial charge in [0.05, 0.1) is 37.2 Å². The zero-order chi connectivity index (χ0) is 34.0. The zero-order valence-electron chi connectivity index (χ0n) is 27.2. The first-order valence-electron chi connectivity index (χ1n) is 16.9. The van der Waals surface area contributed by atoms with E-state index in [0.717, 1.165) is 92.3 Å². The van der Waals surface area contributed by atoms with Gasteiger partial charge in [-0.1, -0.05) is 81.3 Å². The number of nitrogens with zero attached hydrogens (tertiary/aromatic N) is 4. The van der Waals surface area contributed by atoms with Gasteiger partial charge >= 0.3 is 5.97 Å². The minimum atomic E-state index is -4.06. The van der Waals surface area contributed by atoms with Crippen molar-refractivity contribution in [1.29, 1.82) is 0 Å². The molecule has 1 N–H and O–H groups in total. The van der Waals surface area contributed by atoms with E-state index in [1.807, 2.05) is 42.5 Å². The summed E-state index contributed by atoms with van der Waals surface area (Å²) in [6, 6.07) is 22.2. The van der Waals surface area contributed by atoms with Crippen LogP contribution in [0.1, 0.15) is 54.8 Å². The molecule has 2 aromatic heterocycles. The SMILES string of the molecule is C.O=C(O)c1sc(-c2ccccc2)cc1N1C(=O)CN(S(=O)(=O)c2ccc(-c3ccc(CN4CCOCC4)cc3)nc2)C[C@H]1C1CCCCC1. The molecule has 0 unspecified atom stereocenters. The van der Waals surface area contributed by atoms with Gasteiger partial charge in [-0.05, 0) is 48.1 Å². The van der Waals surface area contributed by atoms with E-state index < -0.39 is 27.9 Å². The Morgan fingerprint density at radius 1 is 0.940 bits per heavy atom. The Hall–Kier alpha value is -3.94. The molecule has 50 heavy (non-hydrogen) atoms. The van der Waals surface area contributed by atoms with Gasteiger partial charge in [-0.25, -0.2) is 13.2 Å². The summed E-state index contributed by atoms with van der Waals surface area (Å²) < 4.78 is 34.8. The van der Waals surface area contributed by atoms with E-state index in [4.69, 9.17) is 4.74 Å². The largest absolute Gasteiger partial charge is 0.477 e. The van der Waals surface area contributed by atoms with Crippen LogP contribution in [0.25, 0.3) is 21.7 Å². The summed E-state index contributed by atoms with van der Waals surface area (Å²) in [6.07, 6.45) is 6.13. The first-order chi connectivity index (χ1) is 23.8. The Morgan fingerprint density at radius 2 is 1.66 bits per heavy atom. The Bertz CT molecular complexity index is 1890. The highest BCUT2D eigenvalue weighted by atomic mass is 32.2. The quantitative estimate of drug-likeness (QED) is 0.205. The molecule has 3 aliphatic rings. The van der Waals surface area contributed by atoms with Gasteiger partial charge in [0.25, 0.3) is 0 Å². The van der Waals surface area contributed by atoms with Crippen molar-refractivity contribution in [2.75, 3.05) is 44.3 Å². The second-order valence-corrected chi connectivity index (χ2v) is 16.0. The minimum absolute atomic E-state index is 0. The van der Waals surface area contributed by atoms with Gasteiger partial charge in [0.1, 0.15) is 9.77 Å². The monoisotopic (exact) mass is 716 g/mol. The highest BCUT2D eigenvalue weighted by Gasteiger charge is 2.44. The highest BCUT2D eigenvalue weighted by Crippen LogP contribution is 2.42. The average molecular weight is 717 g/mol. The molecule has 10 nitrogen and oxygen atoms in total. The number of hydrogen-bond acceptors (Lipinski definition) is 8. The molecule has 1 atom stereocenters. The third kappa shape index (κ3) is 7.54. The standard InChI is InChI=1S/C37H40N4O6S2.CH4/c42-35-25-40(49(45,46)30-15-16-31(38-22-30)27-13-11-26(12-14-27)23-39-17-19-47-20-18-39)24-33(28-7-3-1-4-8-28)41(35)32-21-34(48-36(32)37(43)44)29-9-5-2-6-10-29;/h2,5-6,9-16,21-22,28,33H,1,3-4,7-8,17-20,23-25H2,(H,43,44);1H4/t33-;/m0./s1. The first-order valence-corrected chi connectivity index (χ1v) is 19.1. The summed E-state index contributed by atoms with van der Waals surface area (Å²) in [4.78, 5) is 35.9. The molecule has 3 fully saturated rings. The lowest BCUT2D eigenvalue weighted by atomic mass is 9.82. The van der Waals surface area contributed by atoms with Crippen molar-refractivity contribution in [1.82, 2.24) is 14.2 Å². The molecule has 264 valence electrons. The van der Waals surface area contributed by atoms with E-state index in [1.165, 1.54) is 16.1 Å². The third-order valence-electron chi connectivity index (χ3n) is 9.85. The number of carboxylic acid groups (broad SMARTS) is 1. The molecule has 1 saturated carbocycles. The molecule has 2 aromatic carbocycles. The Kier molecular flexibility index (Phi) is 11.1. The second kappa shape index (κ2) is 15.5. The molecule has 0 bridgehead atoms. The van der Waals surface area contributed by atoms with E-state index in [2.05, 4.69) is 22.0 Å². The Balaban J connectivity index is 0.00000432. The molecule has 4 aromatic rings. The predicted molar refractivity (Wildman–Crippen MR) is 196 cm³/mol. The van der Waals surface area contributed by atoms with Gasteiger partial charge in [0.15, 0.2) is 0 Å². The van der Waals surface area contributed by atoms with Crippen LogP contribution in [0.2, 0.25) is 0 Å². The molecule has 2 aliphatic heterocycles. The number of rotatable bonds is 9. The predicted octanol–water partition coefficient (Wildman–Crippen LogP) is 6.63. The van der Waals surface area contributed by atoms with Crippen LogP contribution < -0.4 is 4.90 Å². The number of ether oxygens (including phenoxy) is 1. The first kappa shape index (κ1) is 35.9. The number of amides is 1. The van der Waals surface area contributed by atoms with Crippen LogP contribution in [0, 0.1) is 5.92 Å².